The maximum absolute atomic E-state index is 11.6. The molecule has 1 aromatic heterocycles. The number of aromatic nitrogens is 1. The largest absolute Gasteiger partial charge is 0.493 e. The lowest BCUT2D eigenvalue weighted by molar-refractivity contribution is -0.152. The van der Waals surface area contributed by atoms with Gasteiger partial charge in [-0.3, -0.25) is 0 Å². The predicted molar refractivity (Wildman–Crippen MR) is 139 cm³/mol. The lowest BCUT2D eigenvalue weighted by Crippen LogP contribution is -2.38. The van der Waals surface area contributed by atoms with Gasteiger partial charge in [0.15, 0.2) is 5.60 Å². The van der Waals surface area contributed by atoms with Crippen LogP contribution in [0.5, 0.6) is 11.5 Å². The van der Waals surface area contributed by atoms with E-state index in [0.717, 1.165) is 29.0 Å². The molecular weight excluding hydrogens is 454 g/mol. The Hall–Kier alpha value is -4.06. The van der Waals surface area contributed by atoms with Crippen molar-refractivity contribution in [2.24, 2.45) is 0 Å². The molecule has 0 saturated carbocycles. The SMILES string of the molecule is Cc1oc(-c2ccccc2)nc1CCOc1ccc(OC(C)(C)C(=O)O)c(CCc2ccccc2)c1. The second-order valence-corrected chi connectivity index (χ2v) is 9.16. The molecule has 0 atom stereocenters. The number of aliphatic carboxylic acids is 1. The molecule has 0 amide bonds. The van der Waals surface area contributed by atoms with Gasteiger partial charge in [0.05, 0.1) is 12.3 Å². The van der Waals surface area contributed by atoms with Crippen LogP contribution in [0.2, 0.25) is 0 Å². The number of nitrogens with zero attached hydrogens (tertiary/aromatic N) is 1. The third-order valence-electron chi connectivity index (χ3n) is 5.96. The van der Waals surface area contributed by atoms with E-state index in [9.17, 15) is 9.90 Å². The number of oxazole rings is 1. The number of hydrogen-bond donors (Lipinski definition) is 1. The van der Waals surface area contributed by atoms with E-state index < -0.39 is 11.6 Å². The summed E-state index contributed by atoms with van der Waals surface area (Å²) in [5.41, 5.74) is 2.56. The molecule has 1 N–H and O–H groups in total. The average Bonchev–Trinajstić information content (AvgIpc) is 3.25. The minimum Gasteiger partial charge on any atom is -0.493 e. The number of benzene rings is 3. The summed E-state index contributed by atoms with van der Waals surface area (Å²) in [6.07, 6.45) is 2.09. The molecule has 6 heteroatoms. The molecule has 0 aliphatic heterocycles. The predicted octanol–water partition coefficient (Wildman–Crippen LogP) is 6.30. The van der Waals surface area contributed by atoms with Gasteiger partial charge in [0.1, 0.15) is 17.3 Å². The number of carboxylic acid groups (broad SMARTS) is 1. The van der Waals surface area contributed by atoms with E-state index >= 15 is 0 Å². The van der Waals surface area contributed by atoms with E-state index in [0.29, 0.717) is 36.8 Å². The number of carboxylic acids is 1. The van der Waals surface area contributed by atoms with Crippen LogP contribution < -0.4 is 9.47 Å². The van der Waals surface area contributed by atoms with E-state index in [-0.39, 0.29) is 0 Å². The van der Waals surface area contributed by atoms with Crippen molar-refractivity contribution < 1.29 is 23.8 Å². The first kappa shape index (κ1) is 25.0. The maximum atomic E-state index is 11.6. The molecule has 1 heterocycles. The van der Waals surface area contributed by atoms with Gasteiger partial charge in [-0.25, -0.2) is 9.78 Å². The monoisotopic (exact) mass is 485 g/mol. The Morgan fingerprint density at radius 3 is 2.33 bits per heavy atom. The first-order valence-corrected chi connectivity index (χ1v) is 12.1. The molecule has 0 spiro atoms. The summed E-state index contributed by atoms with van der Waals surface area (Å²) in [7, 11) is 0. The highest BCUT2D eigenvalue weighted by atomic mass is 16.5. The highest BCUT2D eigenvalue weighted by molar-refractivity contribution is 5.76. The summed E-state index contributed by atoms with van der Waals surface area (Å²) in [5, 5.41) is 9.51. The van der Waals surface area contributed by atoms with Crippen molar-refractivity contribution >= 4 is 5.97 Å². The fourth-order valence-electron chi connectivity index (χ4n) is 3.81. The quantitative estimate of drug-likeness (QED) is 0.269. The fraction of sp³-hybridized carbons (Fsp3) is 0.267. The van der Waals surface area contributed by atoms with Gasteiger partial charge < -0.3 is 19.0 Å². The van der Waals surface area contributed by atoms with E-state index in [1.807, 2.05) is 67.6 Å². The zero-order valence-electron chi connectivity index (χ0n) is 20.9. The minimum atomic E-state index is -1.34. The van der Waals surface area contributed by atoms with Crippen molar-refractivity contribution in [2.45, 2.75) is 45.6 Å². The highest BCUT2D eigenvalue weighted by Crippen LogP contribution is 2.29. The molecule has 0 bridgehead atoms. The van der Waals surface area contributed by atoms with Crippen LogP contribution in [-0.2, 0) is 24.1 Å². The van der Waals surface area contributed by atoms with Crippen molar-refractivity contribution in [3.8, 4) is 23.0 Å². The van der Waals surface area contributed by atoms with Gasteiger partial charge in [0.2, 0.25) is 5.89 Å². The van der Waals surface area contributed by atoms with Crippen molar-refractivity contribution in [3.63, 3.8) is 0 Å². The lowest BCUT2D eigenvalue weighted by Gasteiger charge is -2.24. The number of aryl methyl sites for hydroxylation is 3. The molecule has 36 heavy (non-hydrogen) atoms. The Labute approximate surface area is 211 Å². The van der Waals surface area contributed by atoms with Crippen LogP contribution in [0, 0.1) is 6.92 Å². The second kappa shape index (κ2) is 11.1. The van der Waals surface area contributed by atoms with Crippen molar-refractivity contribution in [2.75, 3.05) is 6.61 Å². The van der Waals surface area contributed by atoms with Gasteiger partial charge in [-0.15, -0.1) is 0 Å². The second-order valence-electron chi connectivity index (χ2n) is 9.16. The van der Waals surface area contributed by atoms with E-state index in [2.05, 4.69) is 17.1 Å². The Morgan fingerprint density at radius 2 is 1.64 bits per heavy atom. The summed E-state index contributed by atoms with van der Waals surface area (Å²) in [5.74, 6) is 1.61. The first-order valence-electron chi connectivity index (χ1n) is 12.1. The third-order valence-corrected chi connectivity index (χ3v) is 5.96. The van der Waals surface area contributed by atoms with Crippen molar-refractivity contribution in [3.05, 3.63) is 101 Å². The zero-order valence-corrected chi connectivity index (χ0v) is 20.9. The summed E-state index contributed by atoms with van der Waals surface area (Å²) in [6, 6.07) is 25.5. The number of ether oxygens (including phenoxy) is 2. The van der Waals surface area contributed by atoms with Gasteiger partial charge in [-0.2, -0.15) is 0 Å². The zero-order chi connectivity index (χ0) is 25.5. The van der Waals surface area contributed by atoms with Gasteiger partial charge >= 0.3 is 5.97 Å². The van der Waals surface area contributed by atoms with Gasteiger partial charge in [0, 0.05) is 12.0 Å². The molecule has 0 aliphatic carbocycles. The van der Waals surface area contributed by atoms with Gasteiger partial charge in [-0.05, 0) is 75.1 Å². The van der Waals surface area contributed by atoms with Crippen LogP contribution in [0.15, 0.2) is 83.3 Å². The summed E-state index contributed by atoms with van der Waals surface area (Å²) in [4.78, 5) is 16.3. The van der Waals surface area contributed by atoms with Crippen LogP contribution in [0.3, 0.4) is 0 Å². The van der Waals surface area contributed by atoms with Crippen LogP contribution >= 0.6 is 0 Å². The number of rotatable bonds is 11. The molecule has 4 aromatic rings. The number of carbonyl (C=O) groups is 1. The molecule has 0 fully saturated rings. The molecule has 0 aliphatic rings. The topological polar surface area (TPSA) is 81.8 Å². The van der Waals surface area contributed by atoms with Crippen LogP contribution in [0.4, 0.5) is 0 Å². The van der Waals surface area contributed by atoms with Crippen LogP contribution in [-0.4, -0.2) is 28.3 Å². The molecular formula is C30H31NO5. The molecule has 186 valence electrons. The standard InChI is InChI=1S/C30H31NO5/c1-21-26(31-28(35-21)23-12-8-5-9-13-23)18-19-34-25-16-17-27(36-30(2,3)29(32)33)24(20-25)15-14-22-10-6-4-7-11-22/h4-13,16-17,20H,14-15,18-19H2,1-3H3,(H,32,33). The summed E-state index contributed by atoms with van der Waals surface area (Å²) >= 11 is 0. The Morgan fingerprint density at radius 1 is 0.944 bits per heavy atom. The lowest BCUT2D eigenvalue weighted by atomic mass is 10.0. The van der Waals surface area contributed by atoms with E-state index in [1.54, 1.807) is 19.9 Å². The normalized spacial score (nSPS) is 11.3. The molecule has 0 radical (unpaired) electrons. The first-order chi connectivity index (χ1) is 17.3. The molecule has 4 rings (SSSR count). The average molecular weight is 486 g/mol. The maximum Gasteiger partial charge on any atom is 0.347 e. The Bertz CT molecular complexity index is 1300. The summed E-state index contributed by atoms with van der Waals surface area (Å²) in [6.45, 7) is 5.43. The smallest absolute Gasteiger partial charge is 0.347 e. The fourth-order valence-corrected chi connectivity index (χ4v) is 3.81. The molecule has 0 unspecified atom stereocenters. The molecule has 0 saturated heterocycles. The van der Waals surface area contributed by atoms with E-state index in [4.69, 9.17) is 13.9 Å². The Kier molecular flexibility index (Phi) is 7.74. The third kappa shape index (κ3) is 6.33. The Balaban J connectivity index is 1.46. The summed E-state index contributed by atoms with van der Waals surface area (Å²) < 4.78 is 17.8. The highest BCUT2D eigenvalue weighted by Gasteiger charge is 2.30. The molecule has 6 nitrogen and oxygen atoms in total. The minimum absolute atomic E-state index is 0.431. The number of hydrogen-bond acceptors (Lipinski definition) is 5. The van der Waals surface area contributed by atoms with Crippen molar-refractivity contribution in [1.82, 2.24) is 4.98 Å². The van der Waals surface area contributed by atoms with Crippen LogP contribution in [0.25, 0.3) is 11.5 Å². The van der Waals surface area contributed by atoms with Crippen molar-refractivity contribution in [1.29, 1.82) is 0 Å². The molecule has 3 aromatic carbocycles. The van der Waals surface area contributed by atoms with E-state index in [1.165, 1.54) is 5.56 Å². The van der Waals surface area contributed by atoms with Gasteiger partial charge in [0.25, 0.3) is 0 Å². The van der Waals surface area contributed by atoms with Crippen LogP contribution in [0.1, 0.15) is 36.4 Å². The van der Waals surface area contributed by atoms with Gasteiger partial charge in [-0.1, -0.05) is 48.5 Å².